The summed E-state index contributed by atoms with van der Waals surface area (Å²) in [5.41, 5.74) is 2.70. The molecule has 1 aliphatic heterocycles. The Morgan fingerprint density at radius 1 is 1.17 bits per heavy atom. The molecule has 0 spiro atoms. The minimum absolute atomic E-state index is 0.220. The molecule has 1 saturated heterocycles. The van der Waals surface area contributed by atoms with Gasteiger partial charge in [0.15, 0.2) is 0 Å². The van der Waals surface area contributed by atoms with Crippen LogP contribution in [0.25, 0.3) is 0 Å². The molecule has 0 N–H and O–H groups in total. The molecule has 1 aliphatic rings. The fraction of sp³-hybridized carbons (Fsp3) is 0.700. The van der Waals surface area contributed by atoms with Crippen molar-refractivity contribution in [3.05, 3.63) is 35.4 Å². The summed E-state index contributed by atoms with van der Waals surface area (Å²) in [6, 6.07) is 8.97. The minimum Gasteiger partial charge on any atom is -0.377 e. The van der Waals surface area contributed by atoms with Gasteiger partial charge in [-0.15, -0.1) is 0 Å². The molecule has 0 bridgehead atoms. The molecule has 1 heterocycles. The Morgan fingerprint density at radius 2 is 1.78 bits per heavy atom. The second kappa shape index (κ2) is 8.81. The van der Waals surface area contributed by atoms with Crippen LogP contribution < -0.4 is 0 Å². The van der Waals surface area contributed by atoms with E-state index in [4.69, 9.17) is 9.47 Å². The average molecular weight is 319 g/mol. The monoisotopic (exact) mass is 319 g/mol. The maximum Gasteiger partial charge on any atom is 0.0818 e. The van der Waals surface area contributed by atoms with Gasteiger partial charge in [0.05, 0.1) is 18.3 Å². The van der Waals surface area contributed by atoms with Gasteiger partial charge in [-0.2, -0.15) is 0 Å². The molecule has 3 nitrogen and oxygen atoms in total. The van der Waals surface area contributed by atoms with Crippen LogP contribution in [0.3, 0.4) is 0 Å². The predicted octanol–water partition coefficient (Wildman–Crippen LogP) is 4.07. The van der Waals surface area contributed by atoms with Gasteiger partial charge in [-0.05, 0) is 43.7 Å². The fourth-order valence-corrected chi connectivity index (χ4v) is 3.75. The van der Waals surface area contributed by atoms with E-state index in [9.17, 15) is 0 Å². The molecule has 1 aromatic carbocycles. The van der Waals surface area contributed by atoms with Crippen LogP contribution in [0, 0.1) is 5.92 Å². The van der Waals surface area contributed by atoms with Gasteiger partial charge in [0.25, 0.3) is 0 Å². The molecule has 0 radical (unpaired) electrons. The molecular weight excluding hydrogens is 286 g/mol. The van der Waals surface area contributed by atoms with Gasteiger partial charge in [0.2, 0.25) is 0 Å². The standard InChI is InChI=1S/C20H33NO2/c1-6-20(22-5)19-9-7-18(8-10-19)11-15(2)12-21-13-16(3)23-17(4)14-21/h7-10,15-17,20H,6,11-14H2,1-5H3/t15?,16-,17+,20?. The first-order valence-electron chi connectivity index (χ1n) is 9.01. The van der Waals surface area contributed by atoms with Crippen LogP contribution in [0.1, 0.15) is 51.3 Å². The molecule has 130 valence electrons. The first-order valence-corrected chi connectivity index (χ1v) is 9.01. The number of methoxy groups -OCH3 is 1. The molecule has 1 aromatic rings. The van der Waals surface area contributed by atoms with E-state index in [0.717, 1.165) is 32.5 Å². The summed E-state index contributed by atoms with van der Waals surface area (Å²) < 4.78 is 11.3. The third-order valence-corrected chi connectivity index (χ3v) is 4.66. The maximum atomic E-state index is 5.82. The van der Waals surface area contributed by atoms with E-state index in [1.54, 1.807) is 7.11 Å². The van der Waals surface area contributed by atoms with Crippen molar-refractivity contribution in [2.24, 2.45) is 5.92 Å². The second-order valence-corrected chi connectivity index (χ2v) is 7.16. The fourth-order valence-electron chi connectivity index (χ4n) is 3.75. The summed E-state index contributed by atoms with van der Waals surface area (Å²) in [4.78, 5) is 2.55. The van der Waals surface area contributed by atoms with Crippen LogP contribution in [-0.2, 0) is 15.9 Å². The Morgan fingerprint density at radius 3 is 2.30 bits per heavy atom. The highest BCUT2D eigenvalue weighted by Gasteiger charge is 2.23. The lowest BCUT2D eigenvalue weighted by molar-refractivity contribution is -0.0708. The van der Waals surface area contributed by atoms with Crippen molar-refractivity contribution in [1.82, 2.24) is 4.90 Å². The van der Waals surface area contributed by atoms with E-state index >= 15 is 0 Å². The zero-order valence-electron chi connectivity index (χ0n) is 15.4. The van der Waals surface area contributed by atoms with Gasteiger partial charge in [-0.25, -0.2) is 0 Å². The van der Waals surface area contributed by atoms with Crippen LogP contribution in [0.15, 0.2) is 24.3 Å². The average Bonchev–Trinajstić information content (AvgIpc) is 2.49. The zero-order chi connectivity index (χ0) is 16.8. The van der Waals surface area contributed by atoms with Crippen molar-refractivity contribution in [2.75, 3.05) is 26.7 Å². The van der Waals surface area contributed by atoms with Gasteiger partial charge in [-0.3, -0.25) is 4.90 Å². The summed E-state index contributed by atoms with van der Waals surface area (Å²) in [7, 11) is 1.79. The first-order chi connectivity index (χ1) is 11.0. The van der Waals surface area contributed by atoms with Crippen molar-refractivity contribution >= 4 is 0 Å². The number of rotatable bonds is 7. The molecule has 0 aliphatic carbocycles. The van der Waals surface area contributed by atoms with Crippen LogP contribution in [0.2, 0.25) is 0 Å². The lowest BCUT2D eigenvalue weighted by Gasteiger charge is -2.36. The van der Waals surface area contributed by atoms with Crippen molar-refractivity contribution in [3.63, 3.8) is 0 Å². The van der Waals surface area contributed by atoms with Crippen LogP contribution in [-0.4, -0.2) is 43.9 Å². The Hall–Kier alpha value is -0.900. The van der Waals surface area contributed by atoms with Crippen LogP contribution in [0.4, 0.5) is 0 Å². The number of morpholine rings is 1. The Balaban J connectivity index is 1.86. The van der Waals surface area contributed by atoms with E-state index in [1.807, 2.05) is 0 Å². The molecule has 23 heavy (non-hydrogen) atoms. The van der Waals surface area contributed by atoms with Gasteiger partial charge in [0, 0.05) is 26.7 Å². The molecule has 0 saturated carbocycles. The van der Waals surface area contributed by atoms with Gasteiger partial charge >= 0.3 is 0 Å². The minimum atomic E-state index is 0.220. The number of nitrogens with zero attached hydrogens (tertiary/aromatic N) is 1. The van der Waals surface area contributed by atoms with Crippen molar-refractivity contribution in [2.45, 2.75) is 58.8 Å². The normalized spacial score (nSPS) is 25.3. The second-order valence-electron chi connectivity index (χ2n) is 7.16. The molecule has 4 atom stereocenters. The van der Waals surface area contributed by atoms with Crippen LogP contribution in [0.5, 0.6) is 0 Å². The number of hydrogen-bond acceptors (Lipinski definition) is 3. The lowest BCUT2D eigenvalue weighted by Crippen LogP contribution is -2.47. The topological polar surface area (TPSA) is 21.7 Å². The smallest absolute Gasteiger partial charge is 0.0818 e. The Bertz CT molecular complexity index is 445. The number of benzene rings is 1. The predicted molar refractivity (Wildman–Crippen MR) is 95.8 cm³/mol. The van der Waals surface area contributed by atoms with E-state index in [1.165, 1.54) is 11.1 Å². The quantitative estimate of drug-likeness (QED) is 0.756. The third kappa shape index (κ3) is 5.59. The summed E-state index contributed by atoms with van der Waals surface area (Å²) in [6.45, 7) is 12.1. The Labute approximate surface area is 142 Å². The maximum absolute atomic E-state index is 5.82. The highest BCUT2D eigenvalue weighted by Crippen LogP contribution is 2.21. The lowest BCUT2D eigenvalue weighted by atomic mass is 9.97. The highest BCUT2D eigenvalue weighted by atomic mass is 16.5. The van der Waals surface area contributed by atoms with E-state index in [2.05, 4.69) is 56.9 Å². The summed E-state index contributed by atoms with van der Waals surface area (Å²) in [5.74, 6) is 0.655. The molecule has 0 amide bonds. The van der Waals surface area contributed by atoms with Gasteiger partial charge in [-0.1, -0.05) is 38.1 Å². The van der Waals surface area contributed by atoms with Crippen molar-refractivity contribution < 1.29 is 9.47 Å². The molecular formula is C20H33NO2. The van der Waals surface area contributed by atoms with E-state index in [-0.39, 0.29) is 6.10 Å². The summed E-state index contributed by atoms with van der Waals surface area (Å²) in [6.07, 6.45) is 3.07. The number of hydrogen-bond donors (Lipinski definition) is 0. The zero-order valence-corrected chi connectivity index (χ0v) is 15.4. The molecule has 3 heteroatoms. The Kier molecular flexibility index (Phi) is 7.07. The largest absolute Gasteiger partial charge is 0.377 e. The molecule has 0 aromatic heterocycles. The van der Waals surface area contributed by atoms with Gasteiger partial charge in [0.1, 0.15) is 0 Å². The summed E-state index contributed by atoms with van der Waals surface area (Å²) >= 11 is 0. The van der Waals surface area contributed by atoms with E-state index < -0.39 is 0 Å². The third-order valence-electron chi connectivity index (χ3n) is 4.66. The van der Waals surface area contributed by atoms with Crippen molar-refractivity contribution in [1.29, 1.82) is 0 Å². The molecule has 1 fully saturated rings. The highest BCUT2D eigenvalue weighted by molar-refractivity contribution is 5.24. The van der Waals surface area contributed by atoms with Gasteiger partial charge < -0.3 is 9.47 Å². The SMILES string of the molecule is CCC(OC)c1ccc(CC(C)CN2C[C@@H](C)O[C@@H](C)C2)cc1. The molecule has 2 unspecified atom stereocenters. The molecule has 2 rings (SSSR count). The first kappa shape index (κ1) is 18.4. The summed E-state index contributed by atoms with van der Waals surface area (Å²) in [5, 5.41) is 0. The number of ether oxygens (including phenoxy) is 2. The van der Waals surface area contributed by atoms with Crippen molar-refractivity contribution in [3.8, 4) is 0 Å². The van der Waals surface area contributed by atoms with Crippen LogP contribution >= 0.6 is 0 Å². The van der Waals surface area contributed by atoms with E-state index in [0.29, 0.717) is 18.1 Å².